The molecule has 7 nitrogen and oxygen atoms in total. The standard InChI is InChI=1S/C22H27N3O4/c1-4-25(11-8-12-29-16-9-6-5-7-10-16)15-21-23-18-14-20(28-3)19(27-2)13-17(18)22(26)24-21/h5-7,9-10,13-14H,4,8,11-12,15H2,1-3H3,(H,23,24,26). The molecule has 1 N–H and O–H groups in total. The molecule has 0 spiro atoms. The Morgan fingerprint density at radius 1 is 1.07 bits per heavy atom. The zero-order chi connectivity index (χ0) is 20.6. The van der Waals surface area contributed by atoms with Gasteiger partial charge in [0.2, 0.25) is 0 Å². The molecule has 0 aliphatic heterocycles. The van der Waals surface area contributed by atoms with Crippen LogP contribution in [0.15, 0.2) is 47.3 Å². The second-order valence-electron chi connectivity index (χ2n) is 6.62. The third-order valence-electron chi connectivity index (χ3n) is 4.71. The normalized spacial score (nSPS) is 11.0. The van der Waals surface area contributed by atoms with E-state index in [-0.39, 0.29) is 5.56 Å². The monoisotopic (exact) mass is 397 g/mol. The van der Waals surface area contributed by atoms with E-state index in [1.54, 1.807) is 26.4 Å². The highest BCUT2D eigenvalue weighted by atomic mass is 16.5. The molecule has 3 rings (SSSR count). The van der Waals surface area contributed by atoms with Gasteiger partial charge in [0.05, 0.1) is 38.3 Å². The number of H-pyrrole nitrogens is 1. The second-order valence-corrected chi connectivity index (χ2v) is 6.62. The third kappa shape index (κ3) is 5.26. The number of fused-ring (bicyclic) bond motifs is 1. The van der Waals surface area contributed by atoms with Gasteiger partial charge in [-0.3, -0.25) is 9.69 Å². The summed E-state index contributed by atoms with van der Waals surface area (Å²) in [4.78, 5) is 22.2. The first kappa shape index (κ1) is 20.7. The lowest BCUT2D eigenvalue weighted by molar-refractivity contribution is 0.232. The number of hydrogen-bond donors (Lipinski definition) is 1. The van der Waals surface area contributed by atoms with E-state index in [1.165, 1.54) is 0 Å². The van der Waals surface area contributed by atoms with Crippen molar-refractivity contribution in [2.24, 2.45) is 0 Å². The van der Waals surface area contributed by atoms with Gasteiger partial charge in [0, 0.05) is 12.6 Å². The summed E-state index contributed by atoms with van der Waals surface area (Å²) in [6, 6.07) is 13.2. The molecular weight excluding hydrogens is 370 g/mol. The van der Waals surface area contributed by atoms with Gasteiger partial charge in [0.25, 0.3) is 5.56 Å². The molecule has 3 aromatic rings. The number of nitrogens with one attached hydrogen (secondary N) is 1. The highest BCUT2D eigenvalue weighted by Gasteiger charge is 2.12. The lowest BCUT2D eigenvalue weighted by atomic mass is 10.2. The number of ether oxygens (including phenoxy) is 3. The van der Waals surface area contributed by atoms with E-state index in [9.17, 15) is 4.79 Å². The van der Waals surface area contributed by atoms with Crippen LogP contribution in [0.4, 0.5) is 0 Å². The molecule has 0 aliphatic rings. The van der Waals surface area contributed by atoms with Crippen LogP contribution in [0.1, 0.15) is 19.2 Å². The van der Waals surface area contributed by atoms with Gasteiger partial charge in [-0.25, -0.2) is 4.98 Å². The predicted octanol–water partition coefficient (Wildman–Crippen LogP) is 3.23. The summed E-state index contributed by atoms with van der Waals surface area (Å²) in [5.74, 6) is 2.56. The molecule has 0 radical (unpaired) electrons. The minimum atomic E-state index is -0.186. The maximum atomic E-state index is 12.5. The average Bonchev–Trinajstić information content (AvgIpc) is 2.75. The van der Waals surface area contributed by atoms with E-state index < -0.39 is 0 Å². The molecule has 0 aliphatic carbocycles. The van der Waals surface area contributed by atoms with Gasteiger partial charge in [-0.2, -0.15) is 0 Å². The lowest BCUT2D eigenvalue weighted by Crippen LogP contribution is -2.27. The fraction of sp³-hybridized carbons (Fsp3) is 0.364. The number of aromatic amines is 1. The number of nitrogens with zero attached hydrogens (tertiary/aromatic N) is 2. The Morgan fingerprint density at radius 2 is 1.79 bits per heavy atom. The molecule has 7 heteroatoms. The molecule has 0 saturated carbocycles. The van der Waals surface area contributed by atoms with E-state index in [0.717, 1.165) is 25.3 Å². The molecule has 1 heterocycles. The molecule has 0 bridgehead atoms. The Hall–Kier alpha value is -3.06. The Kier molecular flexibility index (Phi) is 7.08. The number of methoxy groups -OCH3 is 2. The molecule has 2 aromatic carbocycles. The van der Waals surface area contributed by atoms with Crippen molar-refractivity contribution in [3.05, 3.63) is 58.6 Å². The van der Waals surface area contributed by atoms with Crippen LogP contribution in [-0.2, 0) is 6.54 Å². The van der Waals surface area contributed by atoms with Crippen LogP contribution < -0.4 is 19.8 Å². The van der Waals surface area contributed by atoms with Crippen molar-refractivity contribution in [1.29, 1.82) is 0 Å². The summed E-state index contributed by atoms with van der Waals surface area (Å²) in [5, 5.41) is 0.478. The van der Waals surface area contributed by atoms with Gasteiger partial charge in [-0.1, -0.05) is 25.1 Å². The van der Waals surface area contributed by atoms with Gasteiger partial charge in [0.1, 0.15) is 11.6 Å². The summed E-state index contributed by atoms with van der Waals surface area (Å²) in [6.45, 7) is 4.97. The summed E-state index contributed by atoms with van der Waals surface area (Å²) in [7, 11) is 3.11. The summed E-state index contributed by atoms with van der Waals surface area (Å²) in [6.07, 6.45) is 0.881. The Labute approximate surface area is 170 Å². The fourth-order valence-corrected chi connectivity index (χ4v) is 3.14. The zero-order valence-electron chi connectivity index (χ0n) is 17.1. The first-order valence-corrected chi connectivity index (χ1v) is 9.69. The molecule has 1 aromatic heterocycles. The van der Waals surface area contributed by atoms with Crippen LogP contribution >= 0.6 is 0 Å². The van der Waals surface area contributed by atoms with Crippen LogP contribution in [0, 0.1) is 0 Å². The average molecular weight is 397 g/mol. The maximum absolute atomic E-state index is 12.5. The van der Waals surface area contributed by atoms with Crippen LogP contribution in [0.5, 0.6) is 17.2 Å². The van der Waals surface area contributed by atoms with E-state index in [2.05, 4.69) is 21.8 Å². The molecule has 0 fully saturated rings. The SMILES string of the molecule is CCN(CCCOc1ccccc1)Cc1nc2cc(OC)c(OC)cc2c(=O)[nH]1. The highest BCUT2D eigenvalue weighted by molar-refractivity contribution is 5.81. The van der Waals surface area contributed by atoms with Crippen LogP contribution in [0.25, 0.3) is 10.9 Å². The molecule has 29 heavy (non-hydrogen) atoms. The highest BCUT2D eigenvalue weighted by Crippen LogP contribution is 2.29. The van der Waals surface area contributed by atoms with Gasteiger partial charge >= 0.3 is 0 Å². The Balaban J connectivity index is 1.66. The number of rotatable bonds is 10. The third-order valence-corrected chi connectivity index (χ3v) is 4.71. The first-order chi connectivity index (χ1) is 14.1. The molecule has 0 saturated heterocycles. The first-order valence-electron chi connectivity index (χ1n) is 9.69. The minimum absolute atomic E-state index is 0.186. The minimum Gasteiger partial charge on any atom is -0.494 e. The van der Waals surface area contributed by atoms with E-state index >= 15 is 0 Å². The lowest BCUT2D eigenvalue weighted by Gasteiger charge is -2.20. The van der Waals surface area contributed by atoms with Crippen LogP contribution in [0.2, 0.25) is 0 Å². The molecule has 0 unspecified atom stereocenters. The number of aromatic nitrogens is 2. The van der Waals surface area contributed by atoms with Crippen LogP contribution in [0.3, 0.4) is 0 Å². The second kappa shape index (κ2) is 9.93. The Bertz CT molecular complexity index is 989. The van der Waals surface area contributed by atoms with Crippen molar-refractivity contribution in [3.8, 4) is 17.2 Å². The van der Waals surface area contributed by atoms with Gasteiger partial charge in [-0.15, -0.1) is 0 Å². The van der Waals surface area contributed by atoms with E-state index in [1.807, 2.05) is 30.3 Å². The van der Waals surface area contributed by atoms with Crippen molar-refractivity contribution < 1.29 is 14.2 Å². The van der Waals surface area contributed by atoms with Crippen LogP contribution in [-0.4, -0.2) is 48.8 Å². The van der Waals surface area contributed by atoms with Gasteiger partial charge < -0.3 is 19.2 Å². The van der Waals surface area contributed by atoms with Crippen molar-refractivity contribution in [2.45, 2.75) is 19.9 Å². The summed E-state index contributed by atoms with van der Waals surface area (Å²) >= 11 is 0. The zero-order valence-corrected chi connectivity index (χ0v) is 17.1. The van der Waals surface area contributed by atoms with Crippen molar-refractivity contribution >= 4 is 10.9 Å². The predicted molar refractivity (Wildman–Crippen MR) is 113 cm³/mol. The molecule has 0 atom stereocenters. The van der Waals surface area contributed by atoms with Crippen molar-refractivity contribution in [2.75, 3.05) is 33.9 Å². The van der Waals surface area contributed by atoms with Gasteiger partial charge in [0.15, 0.2) is 11.5 Å². The number of hydrogen-bond acceptors (Lipinski definition) is 6. The largest absolute Gasteiger partial charge is 0.494 e. The molecule has 0 amide bonds. The van der Waals surface area contributed by atoms with Gasteiger partial charge in [-0.05, 0) is 31.2 Å². The maximum Gasteiger partial charge on any atom is 0.258 e. The van der Waals surface area contributed by atoms with E-state index in [0.29, 0.717) is 41.4 Å². The quantitative estimate of drug-likeness (QED) is 0.529. The van der Waals surface area contributed by atoms with Crippen molar-refractivity contribution in [1.82, 2.24) is 14.9 Å². The smallest absolute Gasteiger partial charge is 0.258 e. The van der Waals surface area contributed by atoms with Crippen molar-refractivity contribution in [3.63, 3.8) is 0 Å². The summed E-state index contributed by atoms with van der Waals surface area (Å²) < 4.78 is 16.3. The number of para-hydroxylation sites is 1. The molecular formula is C22H27N3O4. The molecule has 154 valence electrons. The topological polar surface area (TPSA) is 76.7 Å². The summed E-state index contributed by atoms with van der Waals surface area (Å²) in [5.41, 5.74) is 0.402. The van der Waals surface area contributed by atoms with E-state index in [4.69, 9.17) is 14.2 Å². The number of benzene rings is 2. The Morgan fingerprint density at radius 3 is 2.48 bits per heavy atom. The fourth-order valence-electron chi connectivity index (χ4n) is 3.14.